The molecule has 0 atom stereocenters. The fraction of sp³-hybridized carbons (Fsp3) is 0.429. The van der Waals surface area contributed by atoms with Gasteiger partial charge in [-0.15, -0.1) is 11.3 Å². The van der Waals surface area contributed by atoms with Crippen molar-refractivity contribution < 1.29 is 9.53 Å². The van der Waals surface area contributed by atoms with E-state index in [2.05, 4.69) is 9.72 Å². The van der Waals surface area contributed by atoms with Gasteiger partial charge in [0.2, 0.25) is 0 Å². The highest BCUT2D eigenvalue weighted by molar-refractivity contribution is 7.09. The predicted molar refractivity (Wildman–Crippen MR) is 49.6 cm³/mol. The van der Waals surface area contributed by atoms with Crippen LogP contribution in [-0.4, -0.2) is 18.1 Å². The SMILES string of the molecule is CCOC=O.Cc1nc(Cl)cs1. The van der Waals surface area contributed by atoms with E-state index in [1.54, 1.807) is 18.3 Å². The van der Waals surface area contributed by atoms with Crippen LogP contribution in [0, 0.1) is 6.92 Å². The Kier molecular flexibility index (Phi) is 6.70. The van der Waals surface area contributed by atoms with Crippen LogP contribution in [0.2, 0.25) is 5.15 Å². The van der Waals surface area contributed by atoms with Crippen LogP contribution in [0.1, 0.15) is 11.9 Å². The zero-order valence-electron chi connectivity index (χ0n) is 6.91. The van der Waals surface area contributed by atoms with Crippen molar-refractivity contribution in [2.75, 3.05) is 6.61 Å². The Bertz CT molecular complexity index is 210. The number of carbonyl (C=O) groups excluding carboxylic acids is 1. The van der Waals surface area contributed by atoms with Gasteiger partial charge in [-0.25, -0.2) is 4.98 Å². The molecule has 0 unspecified atom stereocenters. The normalized spacial score (nSPS) is 8.25. The Morgan fingerprint density at radius 3 is 2.58 bits per heavy atom. The van der Waals surface area contributed by atoms with Crippen molar-refractivity contribution in [3.8, 4) is 0 Å². The standard InChI is InChI=1S/C4H4ClNS.C3H6O2/c1-3-6-4(5)2-7-3;1-2-5-3-4/h2H,1H3;3H,2H2,1H3. The molecule has 0 aliphatic rings. The van der Waals surface area contributed by atoms with Crippen LogP contribution >= 0.6 is 22.9 Å². The van der Waals surface area contributed by atoms with Gasteiger partial charge in [-0.1, -0.05) is 11.6 Å². The Morgan fingerprint density at radius 1 is 1.83 bits per heavy atom. The van der Waals surface area contributed by atoms with Gasteiger partial charge in [0.25, 0.3) is 6.47 Å². The third-order valence-corrected chi connectivity index (χ3v) is 1.92. The van der Waals surface area contributed by atoms with Crippen LogP contribution in [0.25, 0.3) is 0 Å². The maximum Gasteiger partial charge on any atom is 0.293 e. The number of carbonyl (C=O) groups is 1. The first-order valence-corrected chi connectivity index (χ1v) is 4.59. The molecule has 0 aliphatic carbocycles. The van der Waals surface area contributed by atoms with Gasteiger partial charge in [0.05, 0.1) is 11.6 Å². The molecule has 1 heterocycles. The largest absolute Gasteiger partial charge is 0.468 e. The molecule has 1 aromatic rings. The molecule has 0 amide bonds. The highest BCUT2D eigenvalue weighted by Gasteiger charge is 1.88. The van der Waals surface area contributed by atoms with Crippen molar-refractivity contribution in [1.82, 2.24) is 4.98 Å². The molecule has 0 spiro atoms. The summed E-state index contributed by atoms with van der Waals surface area (Å²) in [6, 6.07) is 0. The lowest BCUT2D eigenvalue weighted by Crippen LogP contribution is -1.80. The van der Waals surface area contributed by atoms with Crippen molar-refractivity contribution in [3.05, 3.63) is 15.5 Å². The fourth-order valence-corrected chi connectivity index (χ4v) is 1.19. The highest BCUT2D eigenvalue weighted by atomic mass is 35.5. The van der Waals surface area contributed by atoms with E-state index < -0.39 is 0 Å². The first-order chi connectivity index (χ1) is 5.70. The number of aromatic nitrogens is 1. The Hall–Kier alpha value is -0.610. The van der Waals surface area contributed by atoms with Crippen molar-refractivity contribution in [1.29, 1.82) is 0 Å². The molecule has 0 aromatic carbocycles. The van der Waals surface area contributed by atoms with E-state index in [4.69, 9.17) is 11.6 Å². The maximum atomic E-state index is 9.18. The van der Waals surface area contributed by atoms with Gasteiger partial charge in [-0.3, -0.25) is 4.79 Å². The first-order valence-electron chi connectivity index (χ1n) is 3.33. The van der Waals surface area contributed by atoms with E-state index in [0.29, 0.717) is 18.2 Å². The second-order valence-electron chi connectivity index (χ2n) is 1.74. The van der Waals surface area contributed by atoms with Gasteiger partial charge in [0.1, 0.15) is 5.15 Å². The fourth-order valence-electron chi connectivity index (χ4n) is 0.405. The second-order valence-corrected chi connectivity index (χ2v) is 3.19. The molecule has 0 radical (unpaired) electrons. The van der Waals surface area contributed by atoms with Gasteiger partial charge in [0.15, 0.2) is 0 Å². The number of ether oxygens (including phenoxy) is 1. The van der Waals surface area contributed by atoms with Gasteiger partial charge in [0, 0.05) is 5.38 Å². The molecular formula is C7H10ClNO2S. The lowest BCUT2D eigenvalue weighted by molar-refractivity contribution is -0.128. The van der Waals surface area contributed by atoms with Gasteiger partial charge < -0.3 is 4.74 Å². The minimum Gasteiger partial charge on any atom is -0.468 e. The summed E-state index contributed by atoms with van der Waals surface area (Å²) >= 11 is 7.02. The summed E-state index contributed by atoms with van der Waals surface area (Å²) in [5.41, 5.74) is 0. The van der Waals surface area contributed by atoms with Crippen LogP contribution in [0.3, 0.4) is 0 Å². The summed E-state index contributed by atoms with van der Waals surface area (Å²) in [6.07, 6.45) is 0. The van der Waals surface area contributed by atoms with Gasteiger partial charge in [-0.05, 0) is 13.8 Å². The van der Waals surface area contributed by atoms with E-state index in [1.165, 1.54) is 0 Å². The van der Waals surface area contributed by atoms with Crippen molar-refractivity contribution >= 4 is 29.4 Å². The number of rotatable bonds is 2. The molecule has 0 aliphatic heterocycles. The number of thiazole rings is 1. The Balaban J connectivity index is 0.000000217. The van der Waals surface area contributed by atoms with Crippen molar-refractivity contribution in [2.45, 2.75) is 13.8 Å². The summed E-state index contributed by atoms with van der Waals surface area (Å²) in [6.45, 7) is 4.59. The molecule has 1 rings (SSSR count). The summed E-state index contributed by atoms with van der Waals surface area (Å²) in [5.74, 6) is 0. The number of hydrogen-bond donors (Lipinski definition) is 0. The monoisotopic (exact) mass is 207 g/mol. The van der Waals surface area contributed by atoms with Gasteiger partial charge >= 0.3 is 0 Å². The molecule has 0 bridgehead atoms. The van der Waals surface area contributed by atoms with E-state index in [9.17, 15) is 4.79 Å². The predicted octanol–water partition coefficient (Wildman–Crippen LogP) is 2.28. The van der Waals surface area contributed by atoms with Crippen LogP contribution in [0.5, 0.6) is 0 Å². The quantitative estimate of drug-likeness (QED) is 0.699. The first kappa shape index (κ1) is 11.4. The molecule has 5 heteroatoms. The van der Waals surface area contributed by atoms with Crippen LogP contribution < -0.4 is 0 Å². The third kappa shape index (κ3) is 6.12. The van der Waals surface area contributed by atoms with Crippen LogP contribution in [0.4, 0.5) is 0 Å². The third-order valence-electron chi connectivity index (χ3n) is 0.826. The lowest BCUT2D eigenvalue weighted by Gasteiger charge is -1.79. The average molecular weight is 208 g/mol. The number of aryl methyl sites for hydroxylation is 1. The minimum absolute atomic E-state index is 0.431. The average Bonchev–Trinajstić information content (AvgIpc) is 2.38. The lowest BCUT2D eigenvalue weighted by atomic mass is 10.8. The topological polar surface area (TPSA) is 39.2 Å². The van der Waals surface area contributed by atoms with E-state index in [1.807, 2.05) is 12.3 Å². The van der Waals surface area contributed by atoms with Crippen LogP contribution in [-0.2, 0) is 9.53 Å². The Labute approximate surface area is 80.3 Å². The summed E-state index contributed by atoms with van der Waals surface area (Å²) < 4.78 is 4.15. The molecule has 0 saturated carbocycles. The zero-order chi connectivity index (χ0) is 9.40. The number of hydrogen-bond acceptors (Lipinski definition) is 4. The molecule has 1 aromatic heterocycles. The number of halogens is 1. The minimum atomic E-state index is 0.431. The summed E-state index contributed by atoms with van der Waals surface area (Å²) in [4.78, 5) is 13.1. The smallest absolute Gasteiger partial charge is 0.293 e. The zero-order valence-corrected chi connectivity index (χ0v) is 8.48. The molecule has 0 N–H and O–H groups in total. The van der Waals surface area contributed by atoms with E-state index in [0.717, 1.165) is 5.01 Å². The summed E-state index contributed by atoms with van der Waals surface area (Å²) in [7, 11) is 0. The van der Waals surface area contributed by atoms with Crippen molar-refractivity contribution in [2.24, 2.45) is 0 Å². The molecule has 0 saturated heterocycles. The number of nitrogens with zero attached hydrogens (tertiary/aromatic N) is 1. The molecule has 3 nitrogen and oxygen atoms in total. The van der Waals surface area contributed by atoms with Crippen LogP contribution in [0.15, 0.2) is 5.38 Å². The molecular weight excluding hydrogens is 198 g/mol. The van der Waals surface area contributed by atoms with E-state index >= 15 is 0 Å². The second kappa shape index (κ2) is 7.06. The molecule has 68 valence electrons. The molecule has 12 heavy (non-hydrogen) atoms. The molecule has 0 fully saturated rings. The Morgan fingerprint density at radius 2 is 2.50 bits per heavy atom. The van der Waals surface area contributed by atoms with Gasteiger partial charge in [-0.2, -0.15) is 0 Å². The summed E-state index contributed by atoms with van der Waals surface area (Å²) in [5, 5.41) is 3.43. The highest BCUT2D eigenvalue weighted by Crippen LogP contribution is 2.11. The maximum absolute atomic E-state index is 9.18. The van der Waals surface area contributed by atoms with E-state index in [-0.39, 0.29) is 0 Å². The van der Waals surface area contributed by atoms with Crippen molar-refractivity contribution in [3.63, 3.8) is 0 Å².